The molecule has 2 amide bonds. The lowest BCUT2D eigenvalue weighted by Crippen LogP contribution is -2.77. The molecular weight excluding hydrogens is 494 g/mol. The second-order valence-electron chi connectivity index (χ2n) is 10.3. The topological polar surface area (TPSA) is 79.8 Å². The Labute approximate surface area is 210 Å². The number of carbonyl (C=O) groups is 3. The van der Waals surface area contributed by atoms with Gasteiger partial charge in [0.1, 0.15) is 12.6 Å². The first-order valence-electron chi connectivity index (χ1n) is 12.0. The van der Waals surface area contributed by atoms with Crippen LogP contribution in [0.4, 0.5) is 23.4 Å². The van der Waals surface area contributed by atoms with Crippen molar-refractivity contribution < 1.29 is 36.7 Å². The fourth-order valence-corrected chi connectivity index (χ4v) is 6.06. The maximum absolute atomic E-state index is 14.8. The van der Waals surface area contributed by atoms with E-state index >= 15 is 0 Å². The number of hydrogen-bond acceptors (Lipinski definition) is 5. The number of anilines is 1. The summed E-state index contributed by atoms with van der Waals surface area (Å²) in [6.07, 6.45) is -2.09. The van der Waals surface area contributed by atoms with Gasteiger partial charge in [0.2, 0.25) is 5.91 Å². The van der Waals surface area contributed by atoms with Crippen molar-refractivity contribution in [2.45, 2.75) is 51.9 Å². The van der Waals surface area contributed by atoms with Gasteiger partial charge in [-0.1, -0.05) is 12.1 Å². The van der Waals surface area contributed by atoms with Crippen molar-refractivity contribution in [3.05, 3.63) is 59.0 Å². The van der Waals surface area contributed by atoms with E-state index in [0.717, 1.165) is 17.0 Å². The lowest BCUT2D eigenvalue weighted by Gasteiger charge is -2.72. The fourth-order valence-electron chi connectivity index (χ4n) is 6.06. The highest BCUT2D eigenvalue weighted by Crippen LogP contribution is 2.76. The predicted molar refractivity (Wildman–Crippen MR) is 122 cm³/mol. The zero-order valence-corrected chi connectivity index (χ0v) is 20.3. The number of rotatable bonds is 6. The molecule has 1 aromatic heterocycles. The summed E-state index contributed by atoms with van der Waals surface area (Å²) in [6.45, 7) is 3.02. The minimum Gasteiger partial charge on any atom is -0.466 e. The van der Waals surface area contributed by atoms with Crippen LogP contribution in [0.25, 0.3) is 0 Å². The Kier molecular flexibility index (Phi) is 5.80. The molecule has 7 nitrogen and oxygen atoms in total. The van der Waals surface area contributed by atoms with Crippen LogP contribution in [-0.4, -0.2) is 46.9 Å². The van der Waals surface area contributed by atoms with Crippen LogP contribution in [0.15, 0.2) is 36.5 Å². The zero-order valence-electron chi connectivity index (χ0n) is 20.3. The minimum absolute atomic E-state index is 0.0980. The normalized spacial score (nSPS) is 27.0. The van der Waals surface area contributed by atoms with Crippen LogP contribution < -0.4 is 4.90 Å². The average Bonchev–Trinajstić information content (AvgIpc) is 2.76. The van der Waals surface area contributed by atoms with Crippen molar-refractivity contribution in [2.24, 2.45) is 10.8 Å². The highest BCUT2D eigenvalue weighted by Gasteiger charge is 2.77. The Morgan fingerprint density at radius 3 is 2.38 bits per heavy atom. The number of esters is 1. The Bertz CT molecular complexity index is 1260. The number of aryl methyl sites for hydroxylation is 1. The molecule has 1 unspecified atom stereocenters. The van der Waals surface area contributed by atoms with Gasteiger partial charge in [0.25, 0.3) is 5.91 Å². The summed E-state index contributed by atoms with van der Waals surface area (Å²) < 4.78 is 58.9. The van der Waals surface area contributed by atoms with Gasteiger partial charge in [0, 0.05) is 18.2 Å². The number of aromatic nitrogens is 1. The number of pyridine rings is 1. The number of ether oxygens (including phenoxy) is 1. The van der Waals surface area contributed by atoms with Crippen molar-refractivity contribution >= 4 is 23.6 Å². The molecule has 0 N–H and O–H groups in total. The third-order valence-electron chi connectivity index (χ3n) is 7.63. The first kappa shape index (κ1) is 25.2. The van der Waals surface area contributed by atoms with E-state index in [2.05, 4.69) is 4.98 Å². The summed E-state index contributed by atoms with van der Waals surface area (Å²) >= 11 is 0. The molecule has 3 aliphatic carbocycles. The van der Waals surface area contributed by atoms with Crippen molar-refractivity contribution in [3.63, 3.8) is 0 Å². The van der Waals surface area contributed by atoms with Crippen molar-refractivity contribution in [3.8, 4) is 0 Å². The van der Waals surface area contributed by atoms with E-state index in [4.69, 9.17) is 4.74 Å². The smallest absolute Gasteiger partial charge is 0.416 e. The van der Waals surface area contributed by atoms with Gasteiger partial charge in [-0.25, -0.2) is 9.37 Å². The van der Waals surface area contributed by atoms with E-state index in [0.29, 0.717) is 30.4 Å². The van der Waals surface area contributed by atoms with E-state index in [1.165, 1.54) is 29.3 Å². The van der Waals surface area contributed by atoms with Crippen LogP contribution in [0.5, 0.6) is 0 Å². The van der Waals surface area contributed by atoms with E-state index in [-0.39, 0.29) is 24.9 Å². The summed E-state index contributed by atoms with van der Waals surface area (Å²) in [6, 6.07) is 4.60. The van der Waals surface area contributed by atoms with Crippen molar-refractivity contribution in [2.75, 3.05) is 18.1 Å². The fraction of sp³-hybridized carbons (Fsp3) is 0.462. The van der Waals surface area contributed by atoms with E-state index in [1.54, 1.807) is 13.8 Å². The SMILES string of the molecule is CCOC(=O)C12CC(C3C(=O)N(c4ncc(C)cc4F)CC(=O)N3Cc3ccc(C(F)(F)F)cc3)(C1)C2. The summed E-state index contributed by atoms with van der Waals surface area (Å²) in [5, 5.41) is 0. The largest absolute Gasteiger partial charge is 0.466 e. The van der Waals surface area contributed by atoms with Gasteiger partial charge in [0.05, 0.1) is 17.6 Å². The number of hydrogen-bond donors (Lipinski definition) is 0. The lowest BCUT2D eigenvalue weighted by molar-refractivity contribution is -0.247. The summed E-state index contributed by atoms with van der Waals surface area (Å²) in [5.74, 6) is -2.35. The third kappa shape index (κ3) is 4.04. The molecule has 1 aliphatic heterocycles. The molecule has 2 bridgehead atoms. The highest BCUT2D eigenvalue weighted by molar-refractivity contribution is 6.07. The molecule has 4 fully saturated rings. The number of benzene rings is 1. The van der Waals surface area contributed by atoms with Crippen LogP contribution in [0.1, 0.15) is 42.9 Å². The first-order chi connectivity index (χ1) is 17.4. The van der Waals surface area contributed by atoms with Crippen molar-refractivity contribution in [1.29, 1.82) is 0 Å². The molecule has 2 heterocycles. The van der Waals surface area contributed by atoms with Gasteiger partial charge in [0.15, 0.2) is 11.6 Å². The zero-order chi connectivity index (χ0) is 26.8. The highest BCUT2D eigenvalue weighted by atomic mass is 19.4. The Balaban J connectivity index is 1.46. The van der Waals surface area contributed by atoms with Crippen LogP contribution in [-0.2, 0) is 31.8 Å². The Morgan fingerprint density at radius 2 is 1.81 bits per heavy atom. The molecule has 11 heteroatoms. The number of amides is 2. The molecule has 4 aliphatic rings. The standard InChI is InChI=1S/C26H25F4N3O4/c1-3-37-23(36)25-12-24(13-25,14-25)20-22(35)33(21-18(27)8-15(2)9-31-21)11-19(34)32(20)10-16-4-6-17(7-5-16)26(28,29)30/h4-9,20H,3,10-14H2,1-2H3. The van der Waals surface area contributed by atoms with Crippen molar-refractivity contribution in [1.82, 2.24) is 9.88 Å². The molecule has 2 aromatic rings. The second kappa shape index (κ2) is 8.53. The second-order valence-corrected chi connectivity index (χ2v) is 10.3. The third-order valence-corrected chi connectivity index (χ3v) is 7.63. The number of nitrogens with zero attached hydrogens (tertiary/aromatic N) is 3. The van der Waals surface area contributed by atoms with Crippen LogP contribution in [0.2, 0.25) is 0 Å². The maximum Gasteiger partial charge on any atom is 0.416 e. The molecule has 1 atom stereocenters. The number of alkyl halides is 3. The van der Waals surface area contributed by atoms with Gasteiger partial charge in [-0.3, -0.25) is 19.3 Å². The molecule has 1 aromatic carbocycles. The number of halogens is 4. The van der Waals surface area contributed by atoms with Gasteiger partial charge in [-0.05, 0) is 62.4 Å². The number of piperazine rings is 1. The first-order valence-corrected chi connectivity index (χ1v) is 12.0. The van der Waals surface area contributed by atoms with Gasteiger partial charge in [-0.15, -0.1) is 0 Å². The van der Waals surface area contributed by atoms with Gasteiger partial charge < -0.3 is 9.64 Å². The Hall–Kier alpha value is -3.50. The van der Waals surface area contributed by atoms with Crippen LogP contribution >= 0.6 is 0 Å². The summed E-state index contributed by atoms with van der Waals surface area (Å²) in [7, 11) is 0. The monoisotopic (exact) mass is 519 g/mol. The molecule has 1 saturated heterocycles. The molecule has 0 spiro atoms. The molecule has 196 valence electrons. The van der Waals surface area contributed by atoms with Crippen LogP contribution in [0.3, 0.4) is 0 Å². The molecule has 37 heavy (non-hydrogen) atoms. The van der Waals surface area contributed by atoms with Gasteiger partial charge >= 0.3 is 12.1 Å². The van der Waals surface area contributed by atoms with E-state index in [9.17, 15) is 31.9 Å². The van der Waals surface area contributed by atoms with E-state index < -0.39 is 52.8 Å². The number of carbonyl (C=O) groups excluding carboxylic acids is 3. The molecule has 0 radical (unpaired) electrons. The average molecular weight is 519 g/mol. The Morgan fingerprint density at radius 1 is 1.16 bits per heavy atom. The van der Waals surface area contributed by atoms with E-state index in [1.807, 2.05) is 0 Å². The minimum atomic E-state index is -4.50. The maximum atomic E-state index is 14.8. The summed E-state index contributed by atoms with van der Waals surface area (Å²) in [5.41, 5.74) is -1.26. The lowest BCUT2D eigenvalue weighted by atomic mass is 9.32. The summed E-state index contributed by atoms with van der Waals surface area (Å²) in [4.78, 5) is 46.1. The van der Waals surface area contributed by atoms with Crippen LogP contribution in [0, 0.1) is 23.6 Å². The molecule has 6 rings (SSSR count). The molecular formula is C26H25F4N3O4. The quantitative estimate of drug-likeness (QED) is 0.426. The predicted octanol–water partition coefficient (Wildman–Crippen LogP) is 4.03. The van der Waals surface area contributed by atoms with Gasteiger partial charge in [-0.2, -0.15) is 13.2 Å². The molecule has 3 saturated carbocycles.